The molecule has 0 radical (unpaired) electrons. The lowest BCUT2D eigenvalue weighted by Crippen LogP contribution is -2.16. The van der Waals surface area contributed by atoms with Crippen LogP contribution in [0.3, 0.4) is 0 Å². The second-order valence-corrected chi connectivity index (χ2v) is 7.80. The number of benzene rings is 4. The van der Waals surface area contributed by atoms with Gasteiger partial charge in [-0.2, -0.15) is 0 Å². The Bertz CT molecular complexity index is 1300. The maximum atomic E-state index is 12.7. The third-order valence-electron chi connectivity index (χ3n) is 5.42. The van der Waals surface area contributed by atoms with E-state index in [1.807, 2.05) is 61.5 Å². The van der Waals surface area contributed by atoms with Crippen LogP contribution >= 0.6 is 0 Å². The third kappa shape index (κ3) is 5.33. The van der Waals surface area contributed by atoms with Crippen molar-refractivity contribution in [2.45, 2.75) is 12.8 Å². The van der Waals surface area contributed by atoms with Crippen LogP contribution in [-0.4, -0.2) is 23.3 Å². The summed E-state index contributed by atoms with van der Waals surface area (Å²) in [6, 6.07) is 23.2. The molecule has 0 aliphatic rings. The molecule has 5 heteroatoms. The van der Waals surface area contributed by atoms with Crippen LogP contribution in [0, 0.1) is 0 Å². The lowest BCUT2D eigenvalue weighted by atomic mass is 9.98. The van der Waals surface area contributed by atoms with Gasteiger partial charge in [-0.25, -0.2) is 0 Å². The largest absolute Gasteiger partial charge is 0.508 e. The zero-order valence-corrected chi connectivity index (χ0v) is 18.4. The van der Waals surface area contributed by atoms with Crippen LogP contribution < -0.4 is 9.47 Å². The van der Waals surface area contributed by atoms with E-state index in [1.165, 1.54) is 6.07 Å². The van der Waals surface area contributed by atoms with Crippen LogP contribution in [0.25, 0.3) is 22.9 Å². The van der Waals surface area contributed by atoms with Gasteiger partial charge in [0.25, 0.3) is 0 Å². The van der Waals surface area contributed by atoms with E-state index in [4.69, 9.17) is 9.47 Å². The van der Waals surface area contributed by atoms with Gasteiger partial charge in [0.15, 0.2) is 0 Å². The molecular weight excluding hydrogens is 416 g/mol. The Morgan fingerprint density at radius 2 is 1.36 bits per heavy atom. The Morgan fingerprint density at radius 3 is 2.06 bits per heavy atom. The van der Waals surface area contributed by atoms with E-state index in [0.29, 0.717) is 11.3 Å². The van der Waals surface area contributed by atoms with Crippen molar-refractivity contribution in [3.8, 4) is 23.0 Å². The van der Waals surface area contributed by atoms with E-state index in [1.54, 1.807) is 37.5 Å². The van der Waals surface area contributed by atoms with Crippen molar-refractivity contribution in [3.05, 3.63) is 95.6 Å². The van der Waals surface area contributed by atoms with Gasteiger partial charge in [-0.05, 0) is 70.8 Å². The normalized spacial score (nSPS) is 12.1. The minimum Gasteiger partial charge on any atom is -0.508 e. The SMILES string of the molecule is COc1ccc2cc([C@@H](C)C(=O)Oc3ccc(C=Cc4cc(O)cc(O)c4)cc3)ccc2c1. The lowest BCUT2D eigenvalue weighted by Gasteiger charge is -2.13. The Morgan fingerprint density at radius 1 is 0.758 bits per heavy atom. The molecule has 0 aliphatic heterocycles. The molecule has 2 N–H and O–H groups in total. The number of hydrogen-bond donors (Lipinski definition) is 2. The van der Waals surface area contributed by atoms with Crippen molar-refractivity contribution in [1.82, 2.24) is 0 Å². The molecule has 0 amide bonds. The molecule has 33 heavy (non-hydrogen) atoms. The standard InChI is InChI=1S/C28H24O5/c1-18(21-7-8-23-16-27(32-2)12-9-22(23)15-21)28(31)33-26-10-5-19(6-11-26)3-4-20-13-24(29)17-25(30)14-20/h3-18,29-30H,1-2H3/t18-/m1/s1. The summed E-state index contributed by atoms with van der Waals surface area (Å²) in [7, 11) is 1.64. The van der Waals surface area contributed by atoms with Gasteiger partial charge in [0.2, 0.25) is 0 Å². The van der Waals surface area contributed by atoms with E-state index in [-0.39, 0.29) is 17.5 Å². The van der Waals surface area contributed by atoms with Gasteiger partial charge in [0.1, 0.15) is 23.0 Å². The van der Waals surface area contributed by atoms with Gasteiger partial charge in [-0.15, -0.1) is 0 Å². The van der Waals surface area contributed by atoms with E-state index >= 15 is 0 Å². The Labute approximate surface area is 192 Å². The highest BCUT2D eigenvalue weighted by molar-refractivity contribution is 5.87. The molecule has 0 heterocycles. The number of hydrogen-bond acceptors (Lipinski definition) is 5. The smallest absolute Gasteiger partial charge is 0.318 e. The van der Waals surface area contributed by atoms with E-state index in [0.717, 1.165) is 27.6 Å². The quantitative estimate of drug-likeness (QED) is 0.214. The lowest BCUT2D eigenvalue weighted by molar-refractivity contribution is -0.135. The van der Waals surface area contributed by atoms with E-state index in [2.05, 4.69) is 0 Å². The number of phenols is 2. The molecule has 0 spiro atoms. The minimum absolute atomic E-state index is 0.00262. The molecule has 166 valence electrons. The molecule has 0 fully saturated rings. The van der Waals surface area contributed by atoms with E-state index < -0.39 is 5.92 Å². The molecule has 4 aromatic rings. The van der Waals surface area contributed by atoms with Crippen LogP contribution in [-0.2, 0) is 4.79 Å². The zero-order chi connectivity index (χ0) is 23.4. The van der Waals surface area contributed by atoms with Crippen LogP contribution in [0.4, 0.5) is 0 Å². The number of carbonyl (C=O) groups excluding carboxylic acids is 1. The highest BCUT2D eigenvalue weighted by atomic mass is 16.5. The summed E-state index contributed by atoms with van der Waals surface area (Å²) in [6.07, 6.45) is 3.62. The summed E-state index contributed by atoms with van der Waals surface area (Å²) in [5.41, 5.74) is 2.44. The van der Waals surface area contributed by atoms with Gasteiger partial charge in [-0.3, -0.25) is 4.79 Å². The Kier molecular flexibility index (Phi) is 6.31. The number of fused-ring (bicyclic) bond motifs is 1. The average molecular weight is 440 g/mol. The van der Waals surface area contributed by atoms with Crippen molar-refractivity contribution in [3.63, 3.8) is 0 Å². The van der Waals surface area contributed by atoms with Crippen molar-refractivity contribution in [2.75, 3.05) is 7.11 Å². The monoisotopic (exact) mass is 440 g/mol. The Balaban J connectivity index is 1.42. The number of ether oxygens (including phenoxy) is 2. The molecule has 5 nitrogen and oxygen atoms in total. The molecule has 4 rings (SSSR count). The van der Waals surface area contributed by atoms with Gasteiger partial charge >= 0.3 is 5.97 Å². The molecule has 0 saturated heterocycles. The fraction of sp³-hybridized carbons (Fsp3) is 0.107. The highest BCUT2D eigenvalue weighted by Gasteiger charge is 2.18. The van der Waals surface area contributed by atoms with Crippen LogP contribution in [0.5, 0.6) is 23.0 Å². The minimum atomic E-state index is -0.422. The molecule has 1 atom stereocenters. The summed E-state index contributed by atoms with van der Waals surface area (Å²) < 4.78 is 10.8. The molecule has 0 saturated carbocycles. The van der Waals surface area contributed by atoms with Gasteiger partial charge in [-0.1, -0.05) is 48.6 Å². The molecule has 0 aliphatic carbocycles. The van der Waals surface area contributed by atoms with Gasteiger partial charge in [0.05, 0.1) is 13.0 Å². The van der Waals surface area contributed by atoms with Crippen LogP contribution in [0.1, 0.15) is 29.5 Å². The van der Waals surface area contributed by atoms with Crippen molar-refractivity contribution < 1.29 is 24.5 Å². The predicted octanol–water partition coefficient (Wildman–Crippen LogP) is 6.14. The number of rotatable bonds is 6. The number of phenolic OH excluding ortho intramolecular Hbond substituents is 2. The average Bonchev–Trinajstić information content (AvgIpc) is 2.81. The topological polar surface area (TPSA) is 76.0 Å². The van der Waals surface area contributed by atoms with Crippen molar-refractivity contribution in [2.24, 2.45) is 0 Å². The second-order valence-electron chi connectivity index (χ2n) is 7.80. The molecule has 0 bridgehead atoms. The van der Waals surface area contributed by atoms with Gasteiger partial charge in [0, 0.05) is 6.07 Å². The highest BCUT2D eigenvalue weighted by Crippen LogP contribution is 2.27. The summed E-state index contributed by atoms with van der Waals surface area (Å²) in [5, 5.41) is 21.2. The van der Waals surface area contributed by atoms with E-state index in [9.17, 15) is 15.0 Å². The first-order valence-electron chi connectivity index (χ1n) is 10.5. The first-order valence-corrected chi connectivity index (χ1v) is 10.5. The molecule has 0 aromatic heterocycles. The summed E-state index contributed by atoms with van der Waals surface area (Å²) >= 11 is 0. The third-order valence-corrected chi connectivity index (χ3v) is 5.42. The maximum Gasteiger partial charge on any atom is 0.318 e. The van der Waals surface area contributed by atoms with Crippen molar-refractivity contribution in [1.29, 1.82) is 0 Å². The Hall–Kier alpha value is -4.25. The molecular formula is C28H24O5. The second kappa shape index (κ2) is 9.49. The zero-order valence-electron chi connectivity index (χ0n) is 18.4. The molecule has 0 unspecified atom stereocenters. The van der Waals surface area contributed by atoms with Gasteiger partial charge < -0.3 is 19.7 Å². The van der Waals surface area contributed by atoms with Crippen LogP contribution in [0.15, 0.2) is 78.9 Å². The number of esters is 1. The maximum absolute atomic E-state index is 12.7. The predicted molar refractivity (Wildman–Crippen MR) is 130 cm³/mol. The van der Waals surface area contributed by atoms with Crippen molar-refractivity contribution >= 4 is 28.9 Å². The fourth-order valence-electron chi connectivity index (χ4n) is 3.53. The summed E-state index contributed by atoms with van der Waals surface area (Å²) in [4.78, 5) is 12.7. The molecule has 4 aromatic carbocycles. The number of methoxy groups -OCH3 is 1. The summed E-state index contributed by atoms with van der Waals surface area (Å²) in [5.74, 6) is 0.496. The number of carbonyl (C=O) groups is 1. The fourth-order valence-corrected chi connectivity index (χ4v) is 3.53. The first kappa shape index (κ1) is 22.0. The number of aromatic hydroxyl groups is 2. The van der Waals surface area contributed by atoms with Crippen LogP contribution in [0.2, 0.25) is 0 Å². The first-order chi connectivity index (χ1) is 15.9. The summed E-state index contributed by atoms with van der Waals surface area (Å²) in [6.45, 7) is 1.83.